The lowest BCUT2D eigenvalue weighted by atomic mass is 9.80. The predicted octanol–water partition coefficient (Wildman–Crippen LogP) is 13.9. The van der Waals surface area contributed by atoms with Crippen molar-refractivity contribution in [1.29, 1.82) is 0 Å². The van der Waals surface area contributed by atoms with Gasteiger partial charge in [-0.05, 0) is 109 Å². The summed E-state index contributed by atoms with van der Waals surface area (Å²) in [5.41, 5.74) is 12.4. The predicted molar refractivity (Wildman–Crippen MR) is 240 cm³/mol. The molecular formula is C53H53N2O2+. The van der Waals surface area contributed by atoms with Gasteiger partial charge in [-0.25, -0.2) is 4.79 Å². The molecule has 1 aliphatic heterocycles. The summed E-state index contributed by atoms with van der Waals surface area (Å²) in [4.78, 5) is 14.2. The first-order chi connectivity index (χ1) is 27.8. The molecular weight excluding hydrogens is 697 g/mol. The van der Waals surface area contributed by atoms with Crippen LogP contribution in [0.4, 0.5) is 22.7 Å². The highest BCUT2D eigenvalue weighted by atomic mass is 16.4. The molecule has 57 heavy (non-hydrogen) atoms. The van der Waals surface area contributed by atoms with Crippen molar-refractivity contribution >= 4 is 52.2 Å². The second-order valence-electron chi connectivity index (χ2n) is 15.4. The highest BCUT2D eigenvalue weighted by Gasteiger charge is 2.44. The summed E-state index contributed by atoms with van der Waals surface area (Å²) in [7, 11) is 0. The van der Waals surface area contributed by atoms with E-state index in [1.54, 1.807) is 6.07 Å². The van der Waals surface area contributed by atoms with E-state index in [0.29, 0.717) is 5.56 Å². The smallest absolute Gasteiger partial charge is 0.335 e. The summed E-state index contributed by atoms with van der Waals surface area (Å²) in [5.74, 6) is -0.891. The third kappa shape index (κ3) is 9.08. The molecule has 1 N–H and O–H groups in total. The molecule has 6 aromatic carbocycles. The molecule has 1 aliphatic rings. The first-order valence-corrected chi connectivity index (χ1v) is 20.4. The molecule has 0 amide bonds. The van der Waals surface area contributed by atoms with Crippen molar-refractivity contribution < 1.29 is 14.5 Å². The molecule has 6 aromatic rings. The number of unbranched alkanes of at least 4 members (excludes halogenated alkanes) is 5. The van der Waals surface area contributed by atoms with Crippen LogP contribution in [0.15, 0.2) is 164 Å². The Bertz CT molecular complexity index is 2310. The van der Waals surface area contributed by atoms with Crippen molar-refractivity contribution in [2.45, 2.75) is 64.7 Å². The van der Waals surface area contributed by atoms with Crippen LogP contribution in [0, 0.1) is 0 Å². The fourth-order valence-corrected chi connectivity index (χ4v) is 7.99. The molecule has 4 heteroatoms. The highest BCUT2D eigenvalue weighted by Crippen LogP contribution is 2.41. The maximum atomic E-state index is 12.0. The Morgan fingerprint density at radius 2 is 1.12 bits per heavy atom. The Labute approximate surface area is 338 Å². The minimum Gasteiger partial charge on any atom is -0.478 e. The molecule has 0 radical (unpaired) electrons. The van der Waals surface area contributed by atoms with E-state index in [0.717, 1.165) is 52.4 Å². The monoisotopic (exact) mass is 749 g/mol. The van der Waals surface area contributed by atoms with Gasteiger partial charge in [0.25, 0.3) is 0 Å². The molecule has 286 valence electrons. The van der Waals surface area contributed by atoms with E-state index >= 15 is 0 Å². The SMILES string of the molecule is CCCCCCCC[N+]1=C(C=Cc2ccc(N(c3ccccc3)c3ccc(C=C(c4ccccc4)c4ccccc4)cc3)cc2)C(C)(C)c2cc(C(=O)O)ccc21. The third-order valence-electron chi connectivity index (χ3n) is 11.1. The zero-order valence-electron chi connectivity index (χ0n) is 33.4. The average Bonchev–Trinajstić information content (AvgIpc) is 3.46. The fraction of sp³-hybridized carbons (Fsp3) is 0.208. The molecule has 0 atom stereocenters. The number of carbonyl (C=O) groups is 1. The second kappa shape index (κ2) is 18.1. The number of hydrogen-bond donors (Lipinski definition) is 1. The molecule has 0 unspecified atom stereocenters. The van der Waals surface area contributed by atoms with Crippen molar-refractivity contribution in [3.8, 4) is 0 Å². The minimum atomic E-state index is -0.891. The summed E-state index contributed by atoms with van der Waals surface area (Å²) in [6.07, 6.45) is 14.1. The van der Waals surface area contributed by atoms with E-state index in [1.165, 1.54) is 54.5 Å². The number of benzene rings is 6. The van der Waals surface area contributed by atoms with Gasteiger partial charge in [-0.1, -0.05) is 136 Å². The second-order valence-corrected chi connectivity index (χ2v) is 15.4. The average molecular weight is 750 g/mol. The van der Waals surface area contributed by atoms with Crippen molar-refractivity contribution in [3.05, 3.63) is 197 Å². The first kappa shape index (κ1) is 39.0. The zero-order chi connectivity index (χ0) is 39.6. The van der Waals surface area contributed by atoms with Crippen LogP contribution in [0.3, 0.4) is 0 Å². The van der Waals surface area contributed by atoms with E-state index in [2.05, 4.69) is 188 Å². The number of carboxylic acids is 1. The molecule has 0 fully saturated rings. The van der Waals surface area contributed by atoms with Gasteiger partial charge in [0.05, 0.1) is 11.0 Å². The van der Waals surface area contributed by atoms with Crippen LogP contribution < -0.4 is 4.90 Å². The molecule has 0 bridgehead atoms. The van der Waals surface area contributed by atoms with E-state index in [1.807, 2.05) is 12.1 Å². The lowest BCUT2D eigenvalue weighted by Crippen LogP contribution is -2.28. The van der Waals surface area contributed by atoms with Crippen LogP contribution in [-0.4, -0.2) is 27.9 Å². The van der Waals surface area contributed by atoms with Gasteiger partial charge in [0, 0.05) is 41.2 Å². The topological polar surface area (TPSA) is 43.5 Å². The summed E-state index contributed by atoms with van der Waals surface area (Å²) < 4.78 is 2.42. The fourth-order valence-electron chi connectivity index (χ4n) is 7.99. The maximum Gasteiger partial charge on any atom is 0.335 e. The van der Waals surface area contributed by atoms with E-state index < -0.39 is 5.97 Å². The van der Waals surface area contributed by atoms with Crippen molar-refractivity contribution in [3.63, 3.8) is 0 Å². The zero-order valence-corrected chi connectivity index (χ0v) is 33.4. The van der Waals surface area contributed by atoms with Crippen molar-refractivity contribution in [2.24, 2.45) is 0 Å². The van der Waals surface area contributed by atoms with Gasteiger partial charge in [0.1, 0.15) is 6.54 Å². The Hall–Kier alpha value is -6.26. The van der Waals surface area contributed by atoms with Gasteiger partial charge in [-0.15, -0.1) is 0 Å². The molecule has 7 rings (SSSR count). The van der Waals surface area contributed by atoms with Gasteiger partial charge in [0.2, 0.25) is 5.69 Å². The summed E-state index contributed by atoms with van der Waals surface area (Å²) >= 11 is 0. The number of para-hydroxylation sites is 1. The molecule has 0 saturated carbocycles. The number of nitrogens with zero attached hydrogens (tertiary/aromatic N) is 2. The summed E-state index contributed by atoms with van der Waals surface area (Å²) in [5, 5.41) is 9.80. The minimum absolute atomic E-state index is 0.334. The summed E-state index contributed by atoms with van der Waals surface area (Å²) in [6, 6.07) is 54.8. The Morgan fingerprint density at radius 3 is 1.70 bits per heavy atom. The normalized spacial score (nSPS) is 13.1. The van der Waals surface area contributed by atoms with Crippen LogP contribution >= 0.6 is 0 Å². The first-order valence-electron chi connectivity index (χ1n) is 20.4. The van der Waals surface area contributed by atoms with Crippen molar-refractivity contribution in [2.75, 3.05) is 11.4 Å². The number of anilines is 3. The molecule has 0 aliphatic carbocycles. The van der Waals surface area contributed by atoms with E-state index in [-0.39, 0.29) is 5.41 Å². The Balaban J connectivity index is 1.17. The summed E-state index contributed by atoms with van der Waals surface area (Å²) in [6.45, 7) is 7.59. The highest BCUT2D eigenvalue weighted by molar-refractivity contribution is 6.06. The lowest BCUT2D eigenvalue weighted by molar-refractivity contribution is -0.438. The van der Waals surface area contributed by atoms with Crippen LogP contribution in [0.25, 0.3) is 17.7 Å². The molecule has 4 nitrogen and oxygen atoms in total. The number of aromatic carboxylic acids is 1. The number of rotatable bonds is 16. The van der Waals surface area contributed by atoms with Gasteiger partial charge in [-0.3, -0.25) is 0 Å². The Morgan fingerprint density at radius 1 is 0.596 bits per heavy atom. The quantitative estimate of drug-likeness (QED) is 0.0609. The van der Waals surface area contributed by atoms with Crippen LogP contribution in [0.5, 0.6) is 0 Å². The van der Waals surface area contributed by atoms with Crippen molar-refractivity contribution in [1.82, 2.24) is 0 Å². The van der Waals surface area contributed by atoms with Gasteiger partial charge >= 0.3 is 5.97 Å². The number of hydrogen-bond acceptors (Lipinski definition) is 2. The molecule has 0 spiro atoms. The van der Waals surface area contributed by atoms with Gasteiger partial charge in [-0.2, -0.15) is 4.58 Å². The van der Waals surface area contributed by atoms with Gasteiger partial charge < -0.3 is 10.0 Å². The van der Waals surface area contributed by atoms with Crippen LogP contribution in [0.1, 0.15) is 97.5 Å². The molecule has 0 saturated heterocycles. The lowest BCUT2D eigenvalue weighted by Gasteiger charge is -2.25. The van der Waals surface area contributed by atoms with Crippen LogP contribution in [-0.2, 0) is 5.41 Å². The number of fused-ring (bicyclic) bond motifs is 1. The maximum absolute atomic E-state index is 12.0. The Kier molecular flexibility index (Phi) is 12.4. The number of carboxylic acid groups (broad SMARTS) is 1. The standard InChI is InChI=1S/C53H52N2O2/c1-4-5-6-7-8-18-37-54-50-35-30-44(52(56)57)39-49(50)53(2,3)51(54)36-29-40-25-31-46(32-26-40)55(45-23-16-11-17-24-45)47-33-27-41(28-34-47)38-48(42-19-12-9-13-20-42)43-21-14-10-15-22-43/h9-17,19-36,38-39H,4-8,18,37H2,1-3H3/p+1. The molecule has 1 heterocycles. The van der Waals surface area contributed by atoms with Gasteiger partial charge in [0.15, 0.2) is 5.71 Å². The third-order valence-corrected chi connectivity index (χ3v) is 11.1. The van der Waals surface area contributed by atoms with E-state index in [9.17, 15) is 9.90 Å². The number of allylic oxidation sites excluding steroid dienone is 1. The van der Waals surface area contributed by atoms with Crippen LogP contribution in [0.2, 0.25) is 0 Å². The largest absolute Gasteiger partial charge is 0.478 e. The molecule has 0 aromatic heterocycles. The van der Waals surface area contributed by atoms with E-state index in [4.69, 9.17) is 0 Å².